The van der Waals surface area contributed by atoms with E-state index in [-0.39, 0.29) is 5.92 Å². The van der Waals surface area contributed by atoms with Gasteiger partial charge in [-0.2, -0.15) is 0 Å². The maximum absolute atomic E-state index is 11.9. The molecule has 0 aliphatic heterocycles. The molecule has 1 aliphatic rings. The quantitative estimate of drug-likeness (QED) is 0.769. The summed E-state index contributed by atoms with van der Waals surface area (Å²) in [5.74, 6) is 1.52. The Morgan fingerprint density at radius 2 is 2.18 bits per heavy atom. The average Bonchev–Trinajstić information content (AvgIpc) is 2.32. The molecule has 17 heavy (non-hydrogen) atoms. The van der Waals surface area contributed by atoms with Crippen molar-refractivity contribution in [1.29, 1.82) is 0 Å². The molecule has 1 nitrogen and oxygen atoms in total. The molecule has 2 atom stereocenters. The molecule has 0 N–H and O–H groups in total. The van der Waals surface area contributed by atoms with Crippen LogP contribution in [0.25, 0.3) is 0 Å². The van der Waals surface area contributed by atoms with E-state index in [1.165, 1.54) is 17.5 Å². The fourth-order valence-corrected chi connectivity index (χ4v) is 2.89. The van der Waals surface area contributed by atoms with Crippen LogP contribution in [0.2, 0.25) is 0 Å². The third kappa shape index (κ3) is 3.18. The molecule has 2 rings (SSSR count). The van der Waals surface area contributed by atoms with Crippen molar-refractivity contribution in [3.63, 3.8) is 0 Å². The van der Waals surface area contributed by atoms with Crippen molar-refractivity contribution in [3.8, 4) is 0 Å². The fourth-order valence-electron chi connectivity index (χ4n) is 2.89. The van der Waals surface area contributed by atoms with Gasteiger partial charge in [0.05, 0.1) is 0 Å². The smallest absolute Gasteiger partial charge is 0.136 e. The monoisotopic (exact) mass is 230 g/mol. The highest BCUT2D eigenvalue weighted by Gasteiger charge is 2.27. The number of Topliss-reactive ketones (excluding diaryl/α,β-unsaturated/α-hetero) is 1. The second-order valence-corrected chi connectivity index (χ2v) is 5.41. The lowest BCUT2D eigenvalue weighted by molar-refractivity contribution is -0.125. The van der Waals surface area contributed by atoms with Crippen LogP contribution in [0.3, 0.4) is 0 Å². The number of hydrogen-bond donors (Lipinski definition) is 0. The van der Waals surface area contributed by atoms with Crippen molar-refractivity contribution in [2.45, 2.75) is 46.0 Å². The first-order valence-corrected chi connectivity index (χ1v) is 6.77. The summed E-state index contributed by atoms with van der Waals surface area (Å²) in [4.78, 5) is 11.9. The Labute approximate surface area is 104 Å². The molecule has 0 heterocycles. The Morgan fingerprint density at radius 1 is 1.35 bits per heavy atom. The van der Waals surface area contributed by atoms with E-state index in [4.69, 9.17) is 0 Å². The van der Waals surface area contributed by atoms with Gasteiger partial charge in [0.2, 0.25) is 0 Å². The molecule has 1 fully saturated rings. The van der Waals surface area contributed by atoms with Gasteiger partial charge in [0.1, 0.15) is 5.78 Å². The molecule has 92 valence electrons. The number of rotatable bonds is 3. The lowest BCUT2D eigenvalue weighted by atomic mass is 9.77. The average molecular weight is 230 g/mol. The van der Waals surface area contributed by atoms with Gasteiger partial charge in [-0.25, -0.2) is 0 Å². The van der Waals surface area contributed by atoms with Gasteiger partial charge in [-0.3, -0.25) is 4.79 Å². The molecule has 1 saturated carbocycles. The first-order valence-electron chi connectivity index (χ1n) is 6.77. The zero-order valence-corrected chi connectivity index (χ0v) is 10.9. The van der Waals surface area contributed by atoms with E-state index in [2.05, 4.69) is 38.1 Å². The van der Waals surface area contributed by atoms with Crippen LogP contribution in [-0.4, -0.2) is 5.78 Å². The Balaban J connectivity index is 2.04. The van der Waals surface area contributed by atoms with Crippen molar-refractivity contribution in [1.82, 2.24) is 0 Å². The molecule has 1 aromatic rings. The number of ketones is 1. The lowest BCUT2D eigenvalue weighted by Gasteiger charge is -2.27. The summed E-state index contributed by atoms with van der Waals surface area (Å²) < 4.78 is 0. The SMILES string of the molecule is CCC1CCC(=O)C(Cc2cccc(C)c2)C1. The predicted octanol–water partition coefficient (Wildman–Crippen LogP) is 3.93. The summed E-state index contributed by atoms with van der Waals surface area (Å²) in [5, 5.41) is 0. The van der Waals surface area contributed by atoms with E-state index < -0.39 is 0 Å². The molecule has 0 saturated heterocycles. The number of benzene rings is 1. The Morgan fingerprint density at radius 3 is 2.88 bits per heavy atom. The van der Waals surface area contributed by atoms with E-state index in [9.17, 15) is 4.79 Å². The highest BCUT2D eigenvalue weighted by Crippen LogP contribution is 2.30. The molecule has 0 bridgehead atoms. The van der Waals surface area contributed by atoms with Gasteiger partial charge in [0, 0.05) is 12.3 Å². The Bertz CT molecular complexity index is 394. The number of aryl methyl sites for hydroxylation is 1. The second-order valence-electron chi connectivity index (χ2n) is 5.41. The molecule has 0 spiro atoms. The second kappa shape index (κ2) is 5.48. The maximum Gasteiger partial charge on any atom is 0.136 e. The van der Waals surface area contributed by atoms with Crippen LogP contribution in [-0.2, 0) is 11.2 Å². The van der Waals surface area contributed by atoms with E-state index in [1.807, 2.05) is 0 Å². The van der Waals surface area contributed by atoms with E-state index in [0.717, 1.165) is 31.6 Å². The molecule has 2 unspecified atom stereocenters. The van der Waals surface area contributed by atoms with Gasteiger partial charge in [0.15, 0.2) is 0 Å². The summed E-state index contributed by atoms with van der Waals surface area (Å²) in [5.41, 5.74) is 2.61. The molecular formula is C16H22O. The van der Waals surface area contributed by atoms with Crippen molar-refractivity contribution in [3.05, 3.63) is 35.4 Å². The van der Waals surface area contributed by atoms with Crippen LogP contribution in [0.4, 0.5) is 0 Å². The van der Waals surface area contributed by atoms with Gasteiger partial charge >= 0.3 is 0 Å². The summed E-state index contributed by atoms with van der Waals surface area (Å²) >= 11 is 0. The first-order chi connectivity index (χ1) is 8.19. The largest absolute Gasteiger partial charge is 0.299 e. The lowest BCUT2D eigenvalue weighted by Crippen LogP contribution is -2.26. The van der Waals surface area contributed by atoms with Crippen LogP contribution >= 0.6 is 0 Å². The maximum atomic E-state index is 11.9. The summed E-state index contributed by atoms with van der Waals surface area (Å²) in [6.07, 6.45) is 5.17. The van der Waals surface area contributed by atoms with Crippen LogP contribution in [0.15, 0.2) is 24.3 Å². The minimum absolute atomic E-state index is 0.274. The van der Waals surface area contributed by atoms with Crippen LogP contribution in [0, 0.1) is 18.8 Å². The van der Waals surface area contributed by atoms with Crippen LogP contribution in [0.5, 0.6) is 0 Å². The summed E-state index contributed by atoms with van der Waals surface area (Å²) in [6, 6.07) is 8.56. The third-order valence-electron chi connectivity index (χ3n) is 4.01. The van der Waals surface area contributed by atoms with Gasteiger partial charge in [-0.1, -0.05) is 43.2 Å². The van der Waals surface area contributed by atoms with Crippen molar-refractivity contribution in [2.24, 2.45) is 11.8 Å². The summed E-state index contributed by atoms with van der Waals surface area (Å²) in [7, 11) is 0. The molecular weight excluding hydrogens is 208 g/mol. The van der Waals surface area contributed by atoms with Crippen LogP contribution in [0.1, 0.15) is 43.7 Å². The van der Waals surface area contributed by atoms with Gasteiger partial charge in [0.25, 0.3) is 0 Å². The molecule has 1 heteroatoms. The molecule has 0 radical (unpaired) electrons. The number of carbonyl (C=O) groups is 1. The number of carbonyl (C=O) groups excluding carboxylic acids is 1. The Kier molecular flexibility index (Phi) is 3.98. The van der Waals surface area contributed by atoms with Crippen LogP contribution < -0.4 is 0 Å². The van der Waals surface area contributed by atoms with Gasteiger partial charge in [-0.15, -0.1) is 0 Å². The zero-order chi connectivity index (χ0) is 12.3. The van der Waals surface area contributed by atoms with Crippen molar-refractivity contribution in [2.75, 3.05) is 0 Å². The Hall–Kier alpha value is -1.11. The zero-order valence-electron chi connectivity index (χ0n) is 10.9. The van der Waals surface area contributed by atoms with Crippen molar-refractivity contribution >= 4 is 5.78 Å². The standard InChI is InChI=1S/C16H22O/c1-3-13-7-8-16(17)15(10-13)11-14-6-4-5-12(2)9-14/h4-6,9,13,15H,3,7-8,10-11H2,1-2H3. The molecule has 0 aromatic heterocycles. The molecule has 0 amide bonds. The predicted molar refractivity (Wildman–Crippen MR) is 71.0 cm³/mol. The fraction of sp³-hybridized carbons (Fsp3) is 0.562. The van der Waals surface area contributed by atoms with Crippen molar-refractivity contribution < 1.29 is 4.79 Å². The highest BCUT2D eigenvalue weighted by atomic mass is 16.1. The first kappa shape index (κ1) is 12.3. The number of hydrogen-bond acceptors (Lipinski definition) is 1. The third-order valence-corrected chi connectivity index (χ3v) is 4.01. The van der Waals surface area contributed by atoms with E-state index in [1.54, 1.807) is 0 Å². The highest BCUT2D eigenvalue weighted by molar-refractivity contribution is 5.82. The van der Waals surface area contributed by atoms with Gasteiger partial charge in [-0.05, 0) is 37.7 Å². The van der Waals surface area contributed by atoms with E-state index >= 15 is 0 Å². The minimum atomic E-state index is 0.274. The normalized spacial score (nSPS) is 24.9. The molecule has 1 aromatic carbocycles. The molecule has 1 aliphatic carbocycles. The van der Waals surface area contributed by atoms with Gasteiger partial charge < -0.3 is 0 Å². The topological polar surface area (TPSA) is 17.1 Å². The minimum Gasteiger partial charge on any atom is -0.299 e. The summed E-state index contributed by atoms with van der Waals surface area (Å²) in [6.45, 7) is 4.35. The van der Waals surface area contributed by atoms with E-state index in [0.29, 0.717) is 5.78 Å².